The van der Waals surface area contributed by atoms with Crippen LogP contribution in [0.2, 0.25) is 0 Å². The van der Waals surface area contributed by atoms with Crippen molar-refractivity contribution in [3.63, 3.8) is 0 Å². The standard InChI is InChI=1S/C19H39N5O/c1-4-10-23-12-8-17(9-13-23)22-19(20-5-2)21-16-18-7-6-11-24(18)14-15-25-3/h17-18H,4-16H2,1-3H3,(H2,20,21,22). The Hall–Kier alpha value is -0.850. The van der Waals surface area contributed by atoms with Gasteiger partial charge in [-0.3, -0.25) is 9.89 Å². The lowest BCUT2D eigenvalue weighted by Crippen LogP contribution is -2.49. The molecule has 2 N–H and O–H groups in total. The third-order valence-electron chi connectivity index (χ3n) is 5.35. The summed E-state index contributed by atoms with van der Waals surface area (Å²) in [5.74, 6) is 0.995. The Labute approximate surface area is 154 Å². The molecular weight excluding hydrogens is 314 g/mol. The monoisotopic (exact) mass is 353 g/mol. The molecule has 0 aromatic carbocycles. The average molecular weight is 354 g/mol. The number of hydrogen-bond acceptors (Lipinski definition) is 4. The van der Waals surface area contributed by atoms with Crippen molar-refractivity contribution in [2.75, 3.05) is 59.5 Å². The summed E-state index contributed by atoms with van der Waals surface area (Å²) in [6.45, 7) is 12.9. The molecule has 1 atom stereocenters. The van der Waals surface area contributed by atoms with E-state index < -0.39 is 0 Å². The second kappa shape index (κ2) is 11.7. The summed E-state index contributed by atoms with van der Waals surface area (Å²) in [5.41, 5.74) is 0. The van der Waals surface area contributed by atoms with E-state index in [1.807, 2.05) is 0 Å². The van der Waals surface area contributed by atoms with Crippen LogP contribution in [0.1, 0.15) is 46.0 Å². The van der Waals surface area contributed by atoms with E-state index in [2.05, 4.69) is 34.3 Å². The molecule has 2 rings (SSSR count). The first-order chi connectivity index (χ1) is 12.3. The highest BCUT2D eigenvalue weighted by molar-refractivity contribution is 5.80. The highest BCUT2D eigenvalue weighted by atomic mass is 16.5. The van der Waals surface area contributed by atoms with Gasteiger partial charge in [-0.05, 0) is 52.1 Å². The van der Waals surface area contributed by atoms with Crippen LogP contribution in [0.15, 0.2) is 4.99 Å². The van der Waals surface area contributed by atoms with E-state index in [4.69, 9.17) is 9.73 Å². The van der Waals surface area contributed by atoms with Crippen molar-refractivity contribution in [2.45, 2.75) is 58.0 Å². The van der Waals surface area contributed by atoms with Crippen molar-refractivity contribution >= 4 is 5.96 Å². The van der Waals surface area contributed by atoms with Crippen LogP contribution in [0, 0.1) is 0 Å². The van der Waals surface area contributed by atoms with E-state index in [-0.39, 0.29) is 0 Å². The number of guanidine groups is 1. The van der Waals surface area contributed by atoms with Crippen LogP contribution in [-0.2, 0) is 4.74 Å². The molecule has 0 radical (unpaired) electrons. The second-order valence-corrected chi connectivity index (χ2v) is 7.30. The lowest BCUT2D eigenvalue weighted by molar-refractivity contribution is 0.142. The fraction of sp³-hybridized carbons (Fsp3) is 0.947. The van der Waals surface area contributed by atoms with Crippen molar-refractivity contribution < 1.29 is 4.74 Å². The van der Waals surface area contributed by atoms with Gasteiger partial charge >= 0.3 is 0 Å². The third-order valence-corrected chi connectivity index (χ3v) is 5.35. The van der Waals surface area contributed by atoms with Crippen molar-refractivity contribution in [3.05, 3.63) is 0 Å². The molecule has 146 valence electrons. The van der Waals surface area contributed by atoms with Gasteiger partial charge < -0.3 is 20.3 Å². The van der Waals surface area contributed by atoms with Crippen molar-refractivity contribution in [1.82, 2.24) is 20.4 Å². The summed E-state index contributed by atoms with van der Waals surface area (Å²) in [7, 11) is 1.78. The summed E-state index contributed by atoms with van der Waals surface area (Å²) in [6.07, 6.45) is 6.22. The fourth-order valence-electron chi connectivity index (χ4n) is 3.93. The predicted octanol–water partition coefficient (Wildman–Crippen LogP) is 1.53. The first-order valence-electron chi connectivity index (χ1n) is 10.3. The summed E-state index contributed by atoms with van der Waals surface area (Å²) < 4.78 is 5.24. The molecule has 2 aliphatic heterocycles. The summed E-state index contributed by atoms with van der Waals surface area (Å²) in [4.78, 5) is 10.0. The molecule has 0 aliphatic carbocycles. The first-order valence-corrected chi connectivity index (χ1v) is 10.3. The van der Waals surface area contributed by atoms with Gasteiger partial charge in [0, 0.05) is 45.4 Å². The normalized spacial score (nSPS) is 24.0. The smallest absolute Gasteiger partial charge is 0.191 e. The zero-order chi connectivity index (χ0) is 17.9. The number of nitrogens with one attached hydrogen (secondary N) is 2. The number of rotatable bonds is 9. The molecule has 2 aliphatic rings. The molecule has 2 heterocycles. The van der Waals surface area contributed by atoms with E-state index in [0.29, 0.717) is 12.1 Å². The molecule has 0 amide bonds. The SMILES string of the molecule is CCCN1CCC(NC(=NCC2CCCN2CCOC)NCC)CC1. The molecule has 0 bridgehead atoms. The Bertz CT molecular complexity index is 382. The van der Waals surface area contributed by atoms with Crippen LogP contribution in [0.3, 0.4) is 0 Å². The molecule has 0 saturated carbocycles. The molecule has 0 aromatic rings. The van der Waals surface area contributed by atoms with Crippen LogP contribution >= 0.6 is 0 Å². The second-order valence-electron chi connectivity index (χ2n) is 7.30. The Balaban J connectivity index is 1.80. The van der Waals surface area contributed by atoms with Crippen molar-refractivity contribution in [1.29, 1.82) is 0 Å². The van der Waals surface area contributed by atoms with Crippen LogP contribution in [0.25, 0.3) is 0 Å². The zero-order valence-corrected chi connectivity index (χ0v) is 16.6. The van der Waals surface area contributed by atoms with Gasteiger partial charge in [-0.15, -0.1) is 0 Å². The molecule has 6 nitrogen and oxygen atoms in total. The van der Waals surface area contributed by atoms with Crippen LogP contribution in [-0.4, -0.2) is 87.4 Å². The first kappa shape index (κ1) is 20.5. The Kier molecular flexibility index (Phi) is 9.58. The number of piperidine rings is 1. The zero-order valence-electron chi connectivity index (χ0n) is 16.6. The minimum Gasteiger partial charge on any atom is -0.383 e. The van der Waals surface area contributed by atoms with Gasteiger partial charge in [-0.2, -0.15) is 0 Å². The molecule has 2 saturated heterocycles. The largest absolute Gasteiger partial charge is 0.383 e. The van der Waals surface area contributed by atoms with Crippen molar-refractivity contribution in [2.24, 2.45) is 4.99 Å². The summed E-state index contributed by atoms with van der Waals surface area (Å²) >= 11 is 0. The maximum absolute atomic E-state index is 5.24. The fourth-order valence-corrected chi connectivity index (χ4v) is 3.93. The maximum atomic E-state index is 5.24. The maximum Gasteiger partial charge on any atom is 0.191 e. The van der Waals surface area contributed by atoms with E-state index in [9.17, 15) is 0 Å². The minimum atomic E-state index is 0.555. The van der Waals surface area contributed by atoms with Crippen LogP contribution < -0.4 is 10.6 Å². The van der Waals surface area contributed by atoms with Crippen LogP contribution in [0.5, 0.6) is 0 Å². The van der Waals surface area contributed by atoms with Gasteiger partial charge in [0.25, 0.3) is 0 Å². The minimum absolute atomic E-state index is 0.555. The van der Waals surface area contributed by atoms with Gasteiger partial charge in [-0.25, -0.2) is 0 Å². The van der Waals surface area contributed by atoms with E-state index in [0.717, 1.165) is 32.2 Å². The number of hydrogen-bond donors (Lipinski definition) is 2. The summed E-state index contributed by atoms with van der Waals surface area (Å²) in [6, 6.07) is 1.12. The Morgan fingerprint density at radius 3 is 2.60 bits per heavy atom. The number of likely N-dealkylation sites (tertiary alicyclic amines) is 2. The number of methoxy groups -OCH3 is 1. The molecule has 0 spiro atoms. The lowest BCUT2D eigenvalue weighted by Gasteiger charge is -2.33. The third kappa shape index (κ3) is 7.12. The molecule has 1 unspecified atom stereocenters. The van der Waals surface area contributed by atoms with Crippen molar-refractivity contribution in [3.8, 4) is 0 Å². The molecule has 6 heteroatoms. The van der Waals surface area contributed by atoms with E-state index in [1.165, 1.54) is 58.3 Å². The number of nitrogens with zero attached hydrogens (tertiary/aromatic N) is 3. The van der Waals surface area contributed by atoms with Gasteiger partial charge in [0.1, 0.15) is 0 Å². The highest BCUT2D eigenvalue weighted by Gasteiger charge is 2.24. The predicted molar refractivity (Wildman–Crippen MR) is 105 cm³/mol. The van der Waals surface area contributed by atoms with Gasteiger partial charge in [0.15, 0.2) is 5.96 Å². The summed E-state index contributed by atoms with van der Waals surface area (Å²) in [5, 5.41) is 7.10. The highest BCUT2D eigenvalue weighted by Crippen LogP contribution is 2.17. The number of aliphatic imine (C=N–C) groups is 1. The van der Waals surface area contributed by atoms with E-state index in [1.54, 1.807) is 7.11 Å². The van der Waals surface area contributed by atoms with Gasteiger partial charge in [0.2, 0.25) is 0 Å². The molecular formula is C19H39N5O. The Morgan fingerprint density at radius 1 is 1.12 bits per heavy atom. The quantitative estimate of drug-likeness (QED) is 0.486. The topological polar surface area (TPSA) is 52.1 Å². The lowest BCUT2D eigenvalue weighted by atomic mass is 10.1. The number of ether oxygens (including phenoxy) is 1. The molecule has 0 aromatic heterocycles. The van der Waals surface area contributed by atoms with E-state index >= 15 is 0 Å². The molecule has 25 heavy (non-hydrogen) atoms. The molecule has 2 fully saturated rings. The Morgan fingerprint density at radius 2 is 1.92 bits per heavy atom. The average Bonchev–Trinajstić information content (AvgIpc) is 3.07. The van der Waals surface area contributed by atoms with Gasteiger partial charge in [0.05, 0.1) is 13.2 Å². The van der Waals surface area contributed by atoms with Crippen LogP contribution in [0.4, 0.5) is 0 Å². The van der Waals surface area contributed by atoms with Gasteiger partial charge in [-0.1, -0.05) is 6.92 Å².